The van der Waals surface area contributed by atoms with Gasteiger partial charge in [-0.15, -0.1) is 0 Å². The third-order valence-corrected chi connectivity index (χ3v) is 8.66. The van der Waals surface area contributed by atoms with Crippen LogP contribution in [0.3, 0.4) is 0 Å². The number of hydrogen-bond acceptors (Lipinski definition) is 5. The summed E-state index contributed by atoms with van der Waals surface area (Å²) in [6, 6.07) is 20.5. The SMILES string of the molecule is CCC(C)NC(=O)C(CC)N(Cc1ccc(Cl)cc1)C(=O)CN(c1ccccc1)S(=O)(=O)c1ccc(OC)cc1. The number of sulfonamides is 1. The summed E-state index contributed by atoms with van der Waals surface area (Å²) in [7, 11) is -2.65. The molecule has 3 aromatic carbocycles. The lowest BCUT2D eigenvalue weighted by molar-refractivity contribution is -0.140. The minimum Gasteiger partial charge on any atom is -0.497 e. The molecule has 1 N–H and O–H groups in total. The van der Waals surface area contributed by atoms with Gasteiger partial charge in [0.25, 0.3) is 10.0 Å². The van der Waals surface area contributed by atoms with Gasteiger partial charge in [0.2, 0.25) is 11.8 Å². The van der Waals surface area contributed by atoms with E-state index in [1.807, 2.05) is 20.8 Å². The number of halogens is 1. The van der Waals surface area contributed by atoms with Gasteiger partial charge in [-0.2, -0.15) is 0 Å². The highest BCUT2D eigenvalue weighted by atomic mass is 35.5. The summed E-state index contributed by atoms with van der Waals surface area (Å²) >= 11 is 6.06. The fourth-order valence-electron chi connectivity index (χ4n) is 4.15. The molecule has 0 saturated heterocycles. The predicted molar refractivity (Wildman–Crippen MR) is 158 cm³/mol. The number of rotatable bonds is 13. The first-order chi connectivity index (χ1) is 19.1. The second kappa shape index (κ2) is 14.2. The van der Waals surface area contributed by atoms with Gasteiger partial charge in [-0.1, -0.05) is 55.8 Å². The zero-order chi connectivity index (χ0) is 29.3. The van der Waals surface area contributed by atoms with E-state index in [0.717, 1.165) is 16.3 Å². The fraction of sp³-hybridized carbons (Fsp3) is 0.333. The van der Waals surface area contributed by atoms with Crippen LogP contribution in [0.4, 0.5) is 5.69 Å². The van der Waals surface area contributed by atoms with Crippen molar-refractivity contribution in [2.24, 2.45) is 0 Å². The van der Waals surface area contributed by atoms with Gasteiger partial charge in [-0.25, -0.2) is 8.42 Å². The maximum Gasteiger partial charge on any atom is 0.264 e. The Labute approximate surface area is 241 Å². The van der Waals surface area contributed by atoms with Gasteiger partial charge in [0.1, 0.15) is 18.3 Å². The average molecular weight is 586 g/mol. The smallest absolute Gasteiger partial charge is 0.264 e. The van der Waals surface area contributed by atoms with Crippen molar-refractivity contribution in [2.45, 2.75) is 57.1 Å². The van der Waals surface area contributed by atoms with Gasteiger partial charge in [0.05, 0.1) is 17.7 Å². The Kier molecular flexibility index (Phi) is 11.0. The Hall–Kier alpha value is -3.56. The Morgan fingerprint density at radius 3 is 2.10 bits per heavy atom. The van der Waals surface area contributed by atoms with Gasteiger partial charge in [-0.3, -0.25) is 13.9 Å². The molecule has 0 fully saturated rings. The number of hydrogen-bond donors (Lipinski definition) is 1. The molecule has 8 nitrogen and oxygen atoms in total. The van der Waals surface area contributed by atoms with Crippen molar-refractivity contribution in [2.75, 3.05) is 18.0 Å². The third kappa shape index (κ3) is 7.76. The molecule has 0 radical (unpaired) electrons. The molecule has 0 aliphatic rings. The lowest BCUT2D eigenvalue weighted by Crippen LogP contribution is -2.53. The van der Waals surface area contributed by atoms with E-state index in [-0.39, 0.29) is 23.4 Å². The van der Waals surface area contributed by atoms with E-state index in [1.54, 1.807) is 66.7 Å². The van der Waals surface area contributed by atoms with Crippen molar-refractivity contribution >= 4 is 39.1 Å². The first-order valence-corrected chi connectivity index (χ1v) is 15.0. The molecule has 0 aliphatic heterocycles. The topological polar surface area (TPSA) is 96.0 Å². The van der Waals surface area contributed by atoms with Gasteiger partial charge in [0, 0.05) is 17.6 Å². The van der Waals surface area contributed by atoms with Gasteiger partial charge in [-0.05, 0) is 73.9 Å². The predicted octanol–water partition coefficient (Wildman–Crippen LogP) is 5.27. The molecule has 2 amide bonds. The molecule has 2 unspecified atom stereocenters. The number of anilines is 1. The Morgan fingerprint density at radius 2 is 1.55 bits per heavy atom. The molecule has 0 spiro atoms. The van der Waals surface area contributed by atoms with Crippen LogP contribution in [-0.4, -0.2) is 50.9 Å². The number of carbonyl (C=O) groups is 2. The molecule has 214 valence electrons. The number of para-hydroxylation sites is 1. The van der Waals surface area contributed by atoms with E-state index in [1.165, 1.54) is 24.1 Å². The van der Waals surface area contributed by atoms with Crippen LogP contribution in [0, 0.1) is 0 Å². The number of methoxy groups -OCH3 is 1. The van der Waals surface area contributed by atoms with Crippen molar-refractivity contribution in [3.05, 3.63) is 89.4 Å². The maximum atomic E-state index is 14.0. The Bertz CT molecular complexity index is 1370. The molecule has 0 heterocycles. The van der Waals surface area contributed by atoms with E-state index < -0.39 is 28.5 Å². The van der Waals surface area contributed by atoms with Crippen LogP contribution in [0.5, 0.6) is 5.75 Å². The molecule has 2 atom stereocenters. The van der Waals surface area contributed by atoms with Crippen LogP contribution < -0.4 is 14.4 Å². The first kappa shape index (κ1) is 31.0. The van der Waals surface area contributed by atoms with Crippen molar-refractivity contribution in [1.29, 1.82) is 0 Å². The van der Waals surface area contributed by atoms with Crippen LogP contribution in [0.15, 0.2) is 83.8 Å². The molecule has 0 aromatic heterocycles. The summed E-state index contributed by atoms with van der Waals surface area (Å²) in [6.07, 6.45) is 1.08. The minimum atomic E-state index is -4.15. The summed E-state index contributed by atoms with van der Waals surface area (Å²) in [5.74, 6) is -0.293. The quantitative estimate of drug-likeness (QED) is 0.295. The Balaban J connectivity index is 2.02. The average Bonchev–Trinajstić information content (AvgIpc) is 2.96. The van der Waals surface area contributed by atoms with Crippen LogP contribution >= 0.6 is 11.6 Å². The fourth-order valence-corrected chi connectivity index (χ4v) is 5.69. The maximum absolute atomic E-state index is 14.0. The number of nitrogens with one attached hydrogen (secondary N) is 1. The highest BCUT2D eigenvalue weighted by Gasteiger charge is 2.34. The zero-order valence-electron chi connectivity index (χ0n) is 23.2. The molecule has 0 bridgehead atoms. The van der Waals surface area contributed by atoms with E-state index >= 15 is 0 Å². The second-order valence-corrected chi connectivity index (χ2v) is 11.7. The summed E-state index contributed by atoms with van der Waals surface area (Å²) in [5, 5.41) is 3.51. The zero-order valence-corrected chi connectivity index (χ0v) is 24.8. The largest absolute Gasteiger partial charge is 0.497 e. The van der Waals surface area contributed by atoms with E-state index in [0.29, 0.717) is 22.9 Å². The highest BCUT2D eigenvalue weighted by molar-refractivity contribution is 7.92. The van der Waals surface area contributed by atoms with Crippen molar-refractivity contribution < 1.29 is 22.7 Å². The van der Waals surface area contributed by atoms with E-state index in [4.69, 9.17) is 16.3 Å². The molecular formula is C30H36ClN3O5S. The standard InChI is InChI=1S/C30H36ClN3O5S/c1-5-22(3)32-30(36)28(6-2)33(20-23-12-14-24(31)15-13-23)29(35)21-34(25-10-8-7-9-11-25)40(37,38)27-18-16-26(39-4)17-19-27/h7-19,22,28H,5-6,20-21H2,1-4H3,(H,32,36). The summed E-state index contributed by atoms with van der Waals surface area (Å²) in [5.41, 5.74) is 1.09. The van der Waals surface area contributed by atoms with E-state index in [9.17, 15) is 18.0 Å². The highest BCUT2D eigenvalue weighted by Crippen LogP contribution is 2.26. The molecule has 0 saturated carbocycles. The lowest BCUT2D eigenvalue weighted by atomic mass is 10.1. The normalized spacial score (nSPS) is 12.7. The van der Waals surface area contributed by atoms with E-state index in [2.05, 4.69) is 5.32 Å². The molecule has 40 heavy (non-hydrogen) atoms. The summed E-state index contributed by atoms with van der Waals surface area (Å²) < 4.78 is 34.0. The van der Waals surface area contributed by atoms with Crippen molar-refractivity contribution in [3.63, 3.8) is 0 Å². The number of carbonyl (C=O) groups excluding carboxylic acids is 2. The molecule has 0 aliphatic carbocycles. The van der Waals surface area contributed by atoms with Crippen LogP contribution in [-0.2, 0) is 26.2 Å². The van der Waals surface area contributed by atoms with Gasteiger partial charge in [0.15, 0.2) is 0 Å². The summed E-state index contributed by atoms with van der Waals surface area (Å²) in [4.78, 5) is 28.8. The number of ether oxygens (including phenoxy) is 1. The first-order valence-electron chi connectivity index (χ1n) is 13.2. The van der Waals surface area contributed by atoms with Gasteiger partial charge >= 0.3 is 0 Å². The molecule has 3 rings (SSSR count). The summed E-state index contributed by atoms with van der Waals surface area (Å²) in [6.45, 7) is 5.29. The van der Waals surface area contributed by atoms with Crippen molar-refractivity contribution in [3.8, 4) is 5.75 Å². The number of amides is 2. The molecule has 3 aromatic rings. The van der Waals surface area contributed by atoms with Crippen LogP contribution in [0.25, 0.3) is 0 Å². The number of benzene rings is 3. The monoisotopic (exact) mass is 585 g/mol. The Morgan fingerprint density at radius 1 is 0.925 bits per heavy atom. The third-order valence-electron chi connectivity index (χ3n) is 6.62. The molecular weight excluding hydrogens is 550 g/mol. The van der Waals surface area contributed by atoms with Crippen molar-refractivity contribution in [1.82, 2.24) is 10.2 Å². The number of nitrogens with zero attached hydrogens (tertiary/aromatic N) is 2. The van der Waals surface area contributed by atoms with Crippen LogP contribution in [0.1, 0.15) is 39.2 Å². The van der Waals surface area contributed by atoms with Crippen LogP contribution in [0.2, 0.25) is 5.02 Å². The lowest BCUT2D eigenvalue weighted by Gasteiger charge is -2.33. The van der Waals surface area contributed by atoms with Gasteiger partial charge < -0.3 is 15.0 Å². The minimum absolute atomic E-state index is 0.00996. The molecule has 10 heteroatoms. The second-order valence-electron chi connectivity index (χ2n) is 9.41.